The summed E-state index contributed by atoms with van der Waals surface area (Å²) in [5, 5.41) is 9.17. The molecule has 1 saturated heterocycles. The normalized spacial score (nSPS) is 20.3. The summed E-state index contributed by atoms with van der Waals surface area (Å²) < 4.78 is 0. The third-order valence-electron chi connectivity index (χ3n) is 3.19. The lowest BCUT2D eigenvalue weighted by molar-refractivity contribution is -0.117. The Morgan fingerprint density at radius 2 is 2.05 bits per heavy atom. The number of nitrogens with zero attached hydrogens (tertiary/aromatic N) is 2. The topological polar surface area (TPSA) is 87.2 Å². The second-order valence-corrected chi connectivity index (χ2v) is 5.87. The summed E-state index contributed by atoms with van der Waals surface area (Å²) in [4.78, 5) is 25.3. The van der Waals surface area contributed by atoms with Crippen LogP contribution in [0.15, 0.2) is 34.9 Å². The van der Waals surface area contributed by atoms with E-state index >= 15 is 0 Å². The second-order valence-electron chi connectivity index (χ2n) is 4.68. The van der Waals surface area contributed by atoms with Crippen LogP contribution in [0, 0.1) is 18.3 Å². The lowest BCUT2D eigenvalue weighted by atomic mass is 10.2. The van der Waals surface area contributed by atoms with Crippen molar-refractivity contribution < 1.29 is 9.59 Å². The van der Waals surface area contributed by atoms with Crippen molar-refractivity contribution in [2.45, 2.75) is 25.5 Å². The van der Waals surface area contributed by atoms with Crippen LogP contribution in [0.2, 0.25) is 0 Å². The highest BCUT2D eigenvalue weighted by atomic mass is 32.2. The first-order chi connectivity index (χ1) is 9.99. The number of benzene rings is 1. The van der Waals surface area contributed by atoms with E-state index in [1.807, 2.05) is 32.0 Å². The van der Waals surface area contributed by atoms with Gasteiger partial charge in [-0.05, 0) is 25.5 Å². The van der Waals surface area contributed by atoms with E-state index in [2.05, 4.69) is 0 Å². The standard InChI is InChI=1S/C15H15N3O2S/c1-3-12-14(20)18(10-6-4-9(2)5-7-10)15(21-12)11(8-16)13(17)19/h4-7,12H,3H2,1-2H3,(H2,17,19)/b15-11-/t12-/m1/s1. The molecule has 1 aliphatic rings. The largest absolute Gasteiger partial charge is 0.365 e. The molecule has 2 rings (SSSR count). The maximum Gasteiger partial charge on any atom is 0.262 e. The number of anilines is 1. The summed E-state index contributed by atoms with van der Waals surface area (Å²) in [5.41, 5.74) is 6.78. The first kappa shape index (κ1) is 15.1. The molecule has 0 aliphatic carbocycles. The molecule has 6 heteroatoms. The van der Waals surface area contributed by atoms with Gasteiger partial charge in [0.1, 0.15) is 16.7 Å². The molecule has 0 unspecified atom stereocenters. The average Bonchev–Trinajstić information content (AvgIpc) is 2.77. The smallest absolute Gasteiger partial charge is 0.262 e. The molecule has 0 spiro atoms. The lowest BCUT2D eigenvalue weighted by Gasteiger charge is -2.18. The van der Waals surface area contributed by atoms with Crippen LogP contribution in [0.5, 0.6) is 0 Å². The van der Waals surface area contributed by atoms with E-state index in [0.29, 0.717) is 17.1 Å². The zero-order valence-electron chi connectivity index (χ0n) is 11.8. The average molecular weight is 301 g/mol. The summed E-state index contributed by atoms with van der Waals surface area (Å²) in [6.45, 7) is 3.84. The summed E-state index contributed by atoms with van der Waals surface area (Å²) >= 11 is 1.22. The van der Waals surface area contributed by atoms with Crippen molar-refractivity contribution in [1.29, 1.82) is 5.26 Å². The number of aryl methyl sites for hydroxylation is 1. The van der Waals surface area contributed by atoms with Gasteiger partial charge < -0.3 is 5.73 Å². The summed E-state index contributed by atoms with van der Waals surface area (Å²) in [6, 6.07) is 9.15. The molecule has 0 radical (unpaired) electrons. The van der Waals surface area contributed by atoms with Crippen LogP contribution in [-0.4, -0.2) is 17.1 Å². The molecular weight excluding hydrogens is 286 g/mol. The number of rotatable bonds is 3. The van der Waals surface area contributed by atoms with Crippen LogP contribution in [-0.2, 0) is 9.59 Å². The number of amides is 2. The summed E-state index contributed by atoms with van der Waals surface area (Å²) in [7, 11) is 0. The maximum absolute atomic E-state index is 12.5. The van der Waals surface area contributed by atoms with E-state index in [1.54, 1.807) is 12.1 Å². The minimum Gasteiger partial charge on any atom is -0.365 e. The number of hydrogen-bond acceptors (Lipinski definition) is 4. The van der Waals surface area contributed by atoms with Gasteiger partial charge in [-0.1, -0.05) is 36.4 Å². The Hall–Kier alpha value is -2.26. The van der Waals surface area contributed by atoms with Crippen molar-refractivity contribution in [3.05, 3.63) is 40.4 Å². The monoisotopic (exact) mass is 301 g/mol. The second kappa shape index (κ2) is 6.02. The van der Waals surface area contributed by atoms with Crippen molar-refractivity contribution >= 4 is 29.3 Å². The van der Waals surface area contributed by atoms with Gasteiger partial charge in [-0.2, -0.15) is 5.26 Å². The van der Waals surface area contributed by atoms with Crippen molar-refractivity contribution in [2.75, 3.05) is 4.90 Å². The van der Waals surface area contributed by atoms with Crippen molar-refractivity contribution in [3.63, 3.8) is 0 Å². The molecule has 0 aromatic heterocycles. The molecule has 5 nitrogen and oxygen atoms in total. The number of carbonyl (C=O) groups is 2. The Balaban J connectivity index is 2.58. The van der Waals surface area contributed by atoms with Gasteiger partial charge in [0.25, 0.3) is 5.91 Å². The minimum absolute atomic E-state index is 0.129. The Kier molecular flexibility index (Phi) is 4.34. The van der Waals surface area contributed by atoms with E-state index in [9.17, 15) is 9.59 Å². The van der Waals surface area contributed by atoms with Crippen molar-refractivity contribution in [3.8, 4) is 6.07 Å². The molecule has 2 N–H and O–H groups in total. The van der Waals surface area contributed by atoms with E-state index < -0.39 is 5.91 Å². The van der Waals surface area contributed by atoms with Crippen LogP contribution in [0.3, 0.4) is 0 Å². The SMILES string of the molecule is CC[C@H]1S/C(=C(/C#N)C(N)=O)N(c2ccc(C)cc2)C1=O. The molecular formula is C15H15N3O2S. The fourth-order valence-electron chi connectivity index (χ4n) is 2.06. The fraction of sp³-hybridized carbons (Fsp3) is 0.267. The first-order valence-corrected chi connectivity index (χ1v) is 7.39. The van der Waals surface area contributed by atoms with Crippen LogP contribution in [0.25, 0.3) is 0 Å². The molecule has 2 amide bonds. The lowest BCUT2D eigenvalue weighted by Crippen LogP contribution is -2.29. The van der Waals surface area contributed by atoms with Gasteiger partial charge in [-0.15, -0.1) is 0 Å². The zero-order chi connectivity index (χ0) is 15.6. The summed E-state index contributed by atoms with van der Waals surface area (Å²) in [5.74, 6) is -0.947. The third kappa shape index (κ3) is 2.78. The molecule has 1 aromatic rings. The van der Waals surface area contributed by atoms with Gasteiger partial charge in [0.15, 0.2) is 0 Å². The molecule has 108 valence electrons. The minimum atomic E-state index is -0.818. The Morgan fingerprint density at radius 1 is 1.43 bits per heavy atom. The van der Waals surface area contributed by atoms with Crippen LogP contribution in [0.4, 0.5) is 5.69 Å². The molecule has 1 fully saturated rings. The Bertz CT molecular complexity index is 658. The van der Waals surface area contributed by atoms with Gasteiger partial charge in [0.2, 0.25) is 5.91 Å². The number of hydrogen-bond donors (Lipinski definition) is 1. The molecule has 0 bridgehead atoms. The molecule has 1 aliphatic heterocycles. The molecule has 1 atom stereocenters. The van der Waals surface area contributed by atoms with Crippen molar-refractivity contribution in [2.24, 2.45) is 5.73 Å². The first-order valence-electron chi connectivity index (χ1n) is 6.51. The highest BCUT2D eigenvalue weighted by Crippen LogP contribution is 2.41. The number of nitrogens with two attached hydrogens (primary N) is 1. The Morgan fingerprint density at radius 3 is 2.52 bits per heavy atom. The van der Waals surface area contributed by atoms with Crippen LogP contribution >= 0.6 is 11.8 Å². The van der Waals surface area contributed by atoms with E-state index in [4.69, 9.17) is 11.0 Å². The van der Waals surface area contributed by atoms with Gasteiger partial charge >= 0.3 is 0 Å². The summed E-state index contributed by atoms with van der Waals surface area (Å²) in [6.07, 6.45) is 0.618. The molecule has 21 heavy (non-hydrogen) atoms. The van der Waals surface area contributed by atoms with E-state index in [1.165, 1.54) is 16.7 Å². The maximum atomic E-state index is 12.5. The zero-order valence-corrected chi connectivity index (χ0v) is 12.6. The van der Waals surface area contributed by atoms with Gasteiger partial charge in [0.05, 0.1) is 5.25 Å². The number of nitriles is 1. The number of primary amides is 1. The van der Waals surface area contributed by atoms with Crippen molar-refractivity contribution in [1.82, 2.24) is 0 Å². The Labute approximate surface area is 127 Å². The van der Waals surface area contributed by atoms with Gasteiger partial charge in [0, 0.05) is 5.69 Å². The molecule has 1 aromatic carbocycles. The van der Waals surface area contributed by atoms with Gasteiger partial charge in [-0.25, -0.2) is 0 Å². The highest BCUT2D eigenvalue weighted by Gasteiger charge is 2.39. The van der Waals surface area contributed by atoms with Gasteiger partial charge in [-0.3, -0.25) is 14.5 Å². The van der Waals surface area contributed by atoms with Crippen LogP contribution < -0.4 is 10.6 Å². The third-order valence-corrected chi connectivity index (χ3v) is 4.62. The quantitative estimate of drug-likeness (QED) is 0.684. The number of carbonyl (C=O) groups excluding carboxylic acids is 2. The molecule has 0 saturated carbocycles. The molecule has 1 heterocycles. The predicted octanol–water partition coefficient (Wildman–Crippen LogP) is 2.07. The highest BCUT2D eigenvalue weighted by molar-refractivity contribution is 8.05. The van der Waals surface area contributed by atoms with E-state index in [-0.39, 0.29) is 16.7 Å². The fourth-order valence-corrected chi connectivity index (χ4v) is 3.26. The predicted molar refractivity (Wildman–Crippen MR) is 82.2 cm³/mol. The van der Waals surface area contributed by atoms with Crippen LogP contribution in [0.1, 0.15) is 18.9 Å². The number of thioether (sulfide) groups is 1. The van der Waals surface area contributed by atoms with E-state index in [0.717, 1.165) is 5.56 Å².